The lowest BCUT2D eigenvalue weighted by atomic mass is 10.1. The van der Waals surface area contributed by atoms with Crippen LogP contribution in [0.15, 0.2) is 67.0 Å². The van der Waals surface area contributed by atoms with Crippen molar-refractivity contribution in [3.8, 4) is 16.2 Å². The second-order valence-electron chi connectivity index (χ2n) is 6.07. The Morgan fingerprint density at radius 2 is 1.85 bits per heavy atom. The average Bonchev–Trinajstić information content (AvgIpc) is 3.18. The number of ether oxygens (including phenoxy) is 1. The van der Waals surface area contributed by atoms with Crippen molar-refractivity contribution in [1.29, 1.82) is 0 Å². The fourth-order valence-electron chi connectivity index (χ4n) is 2.95. The maximum absolute atomic E-state index is 9.89. The summed E-state index contributed by atoms with van der Waals surface area (Å²) in [5.41, 5.74) is 2.11. The molecule has 2 N–H and O–H groups in total. The predicted molar refractivity (Wildman–Crippen MR) is 109 cm³/mol. The van der Waals surface area contributed by atoms with Crippen molar-refractivity contribution >= 4 is 27.4 Å². The van der Waals surface area contributed by atoms with E-state index in [1.54, 1.807) is 24.8 Å². The molecule has 0 aliphatic rings. The molecule has 2 heterocycles. The van der Waals surface area contributed by atoms with E-state index >= 15 is 0 Å². The Balaban J connectivity index is 1.67. The molecule has 0 aliphatic heterocycles. The van der Waals surface area contributed by atoms with E-state index in [0.717, 1.165) is 32.0 Å². The highest BCUT2D eigenvalue weighted by molar-refractivity contribution is 7.21. The lowest BCUT2D eigenvalue weighted by Gasteiger charge is -2.18. The maximum Gasteiger partial charge on any atom is 0.138 e. The van der Waals surface area contributed by atoms with Crippen LogP contribution in [0.2, 0.25) is 0 Å². The smallest absolute Gasteiger partial charge is 0.138 e. The van der Waals surface area contributed by atoms with Crippen molar-refractivity contribution < 1.29 is 9.84 Å². The van der Waals surface area contributed by atoms with Gasteiger partial charge >= 0.3 is 0 Å². The van der Waals surface area contributed by atoms with Gasteiger partial charge in [-0.15, -0.1) is 11.3 Å². The van der Waals surface area contributed by atoms with Gasteiger partial charge in [0.15, 0.2) is 0 Å². The third-order valence-electron chi connectivity index (χ3n) is 4.40. The topological polar surface area (TPSA) is 67.3 Å². The van der Waals surface area contributed by atoms with Crippen LogP contribution in [0.5, 0.6) is 5.75 Å². The van der Waals surface area contributed by atoms with E-state index in [-0.39, 0.29) is 12.6 Å². The standard InChI is InChI=1S/C21H19N3O2S/c1-26-16-9-7-14(8-10-16)18(12-25)24-20-17-11-19(15-5-3-2-4-6-15)27-21(17)23-13-22-20/h2-11,13,18,25H,12H2,1H3,(H,22,23,24)/t18-/m0/s1. The molecule has 0 saturated carbocycles. The van der Waals surface area contributed by atoms with Crippen molar-refractivity contribution in [1.82, 2.24) is 9.97 Å². The number of aliphatic hydroxyl groups excluding tert-OH is 1. The molecule has 5 nitrogen and oxygen atoms in total. The number of anilines is 1. The molecule has 0 spiro atoms. The monoisotopic (exact) mass is 377 g/mol. The van der Waals surface area contributed by atoms with Gasteiger partial charge in [0.2, 0.25) is 0 Å². The number of rotatable bonds is 6. The molecule has 0 fully saturated rings. The van der Waals surface area contributed by atoms with Crippen LogP contribution < -0.4 is 10.1 Å². The van der Waals surface area contributed by atoms with Crippen LogP contribution in [0, 0.1) is 0 Å². The summed E-state index contributed by atoms with van der Waals surface area (Å²) in [6, 6.07) is 19.7. The number of nitrogens with one attached hydrogen (secondary N) is 1. The van der Waals surface area contributed by atoms with Crippen molar-refractivity contribution in [2.45, 2.75) is 6.04 Å². The largest absolute Gasteiger partial charge is 0.497 e. The number of methoxy groups -OCH3 is 1. The SMILES string of the molecule is COc1ccc([C@H](CO)Nc2ncnc3sc(-c4ccccc4)cc23)cc1. The zero-order valence-corrected chi connectivity index (χ0v) is 15.6. The number of benzene rings is 2. The summed E-state index contributed by atoms with van der Waals surface area (Å²) in [5, 5.41) is 14.2. The van der Waals surface area contributed by atoms with Crippen LogP contribution in [-0.2, 0) is 0 Å². The lowest BCUT2D eigenvalue weighted by Crippen LogP contribution is -2.15. The minimum Gasteiger partial charge on any atom is -0.497 e. The number of aromatic nitrogens is 2. The van der Waals surface area contributed by atoms with Gasteiger partial charge in [-0.05, 0) is 29.3 Å². The number of hydrogen-bond acceptors (Lipinski definition) is 6. The zero-order valence-electron chi connectivity index (χ0n) is 14.8. The zero-order chi connectivity index (χ0) is 18.6. The number of fused-ring (bicyclic) bond motifs is 1. The van der Waals surface area contributed by atoms with Gasteiger partial charge in [0.05, 0.1) is 25.1 Å². The molecule has 4 rings (SSSR count). The van der Waals surface area contributed by atoms with Gasteiger partial charge in [0.25, 0.3) is 0 Å². The summed E-state index contributed by atoms with van der Waals surface area (Å²) >= 11 is 1.63. The molecule has 136 valence electrons. The number of aliphatic hydroxyl groups is 1. The van der Waals surface area contributed by atoms with Gasteiger partial charge in [-0.3, -0.25) is 0 Å². The Bertz CT molecular complexity index is 1030. The first kappa shape index (κ1) is 17.5. The van der Waals surface area contributed by atoms with E-state index in [1.165, 1.54) is 0 Å². The van der Waals surface area contributed by atoms with E-state index in [4.69, 9.17) is 4.74 Å². The minimum absolute atomic E-state index is 0.0481. The third kappa shape index (κ3) is 3.63. The Kier molecular flexibility index (Phi) is 5.00. The van der Waals surface area contributed by atoms with Crippen LogP contribution >= 0.6 is 11.3 Å². The van der Waals surface area contributed by atoms with E-state index in [1.807, 2.05) is 42.5 Å². The molecular weight excluding hydrogens is 358 g/mol. The van der Waals surface area contributed by atoms with Gasteiger partial charge in [0.1, 0.15) is 22.7 Å². The summed E-state index contributed by atoms with van der Waals surface area (Å²) in [7, 11) is 1.63. The second kappa shape index (κ2) is 7.73. The molecule has 0 radical (unpaired) electrons. The van der Waals surface area contributed by atoms with E-state index in [0.29, 0.717) is 5.82 Å². The van der Waals surface area contributed by atoms with Crippen LogP contribution in [0.1, 0.15) is 11.6 Å². The molecule has 0 bridgehead atoms. The molecule has 1 atom stereocenters. The molecule has 6 heteroatoms. The van der Waals surface area contributed by atoms with E-state index in [2.05, 4.69) is 33.5 Å². The molecular formula is C21H19N3O2S. The number of thiophene rings is 1. The van der Waals surface area contributed by atoms with Gasteiger partial charge in [-0.1, -0.05) is 42.5 Å². The van der Waals surface area contributed by atoms with E-state index < -0.39 is 0 Å². The first-order valence-electron chi connectivity index (χ1n) is 8.60. The Hall–Kier alpha value is -2.96. The van der Waals surface area contributed by atoms with Crippen LogP contribution in [0.4, 0.5) is 5.82 Å². The van der Waals surface area contributed by atoms with Crippen LogP contribution in [0.3, 0.4) is 0 Å². The normalized spacial score (nSPS) is 12.1. The number of hydrogen-bond donors (Lipinski definition) is 2. The summed E-state index contributed by atoms with van der Waals surface area (Å²) in [5.74, 6) is 1.50. The second-order valence-corrected chi connectivity index (χ2v) is 7.10. The lowest BCUT2D eigenvalue weighted by molar-refractivity contribution is 0.276. The van der Waals surface area contributed by atoms with Gasteiger partial charge in [-0.2, -0.15) is 0 Å². The maximum atomic E-state index is 9.89. The Morgan fingerprint density at radius 1 is 1.07 bits per heavy atom. The molecule has 0 amide bonds. The predicted octanol–water partition coefficient (Wildman–Crippen LogP) is 4.51. The van der Waals surface area contributed by atoms with Gasteiger partial charge in [-0.25, -0.2) is 9.97 Å². The number of nitrogens with zero attached hydrogens (tertiary/aromatic N) is 2. The average molecular weight is 377 g/mol. The fraction of sp³-hybridized carbons (Fsp3) is 0.143. The summed E-state index contributed by atoms with van der Waals surface area (Å²) in [6.07, 6.45) is 1.55. The molecule has 0 saturated heterocycles. The third-order valence-corrected chi connectivity index (χ3v) is 5.49. The van der Waals surface area contributed by atoms with Crippen molar-refractivity contribution in [2.75, 3.05) is 19.0 Å². The first-order valence-corrected chi connectivity index (χ1v) is 9.41. The summed E-state index contributed by atoms with van der Waals surface area (Å²) < 4.78 is 5.20. The van der Waals surface area contributed by atoms with Crippen molar-refractivity contribution in [3.05, 3.63) is 72.6 Å². The van der Waals surface area contributed by atoms with Crippen LogP contribution in [-0.4, -0.2) is 28.8 Å². The summed E-state index contributed by atoms with van der Waals surface area (Å²) in [6.45, 7) is -0.0481. The molecule has 27 heavy (non-hydrogen) atoms. The molecule has 2 aromatic heterocycles. The Morgan fingerprint density at radius 3 is 2.56 bits per heavy atom. The molecule has 4 aromatic rings. The molecule has 0 aliphatic carbocycles. The highest BCUT2D eigenvalue weighted by Crippen LogP contribution is 2.35. The van der Waals surface area contributed by atoms with Crippen molar-refractivity contribution in [2.24, 2.45) is 0 Å². The Labute approximate surface area is 161 Å². The van der Waals surface area contributed by atoms with Crippen molar-refractivity contribution in [3.63, 3.8) is 0 Å². The highest BCUT2D eigenvalue weighted by Gasteiger charge is 2.15. The molecule has 0 unspecified atom stereocenters. The minimum atomic E-state index is -0.269. The quantitative estimate of drug-likeness (QED) is 0.517. The van der Waals surface area contributed by atoms with Gasteiger partial charge < -0.3 is 15.2 Å². The fourth-order valence-corrected chi connectivity index (χ4v) is 3.96. The first-order chi connectivity index (χ1) is 13.3. The highest BCUT2D eigenvalue weighted by atomic mass is 32.1. The van der Waals surface area contributed by atoms with Gasteiger partial charge in [0, 0.05) is 4.88 Å². The van der Waals surface area contributed by atoms with E-state index in [9.17, 15) is 5.11 Å². The molecule has 2 aromatic carbocycles. The summed E-state index contributed by atoms with van der Waals surface area (Å²) in [4.78, 5) is 10.9. The van der Waals surface area contributed by atoms with Crippen LogP contribution in [0.25, 0.3) is 20.7 Å².